The van der Waals surface area contributed by atoms with Gasteiger partial charge in [-0.05, 0) is 12.5 Å². The fourth-order valence-electron chi connectivity index (χ4n) is 2.53. The number of hydrogen-bond donors (Lipinski definition) is 3. The second-order valence-electron chi connectivity index (χ2n) is 4.81. The van der Waals surface area contributed by atoms with Crippen molar-refractivity contribution in [1.82, 2.24) is 14.5 Å². The van der Waals surface area contributed by atoms with Crippen molar-refractivity contribution in [2.45, 2.75) is 31.5 Å². The molecular weight excluding hydrogens is 286 g/mol. The Balaban J connectivity index is 2.10. The van der Waals surface area contributed by atoms with Gasteiger partial charge in [-0.15, -0.1) is 0 Å². The molecule has 0 unspecified atom stereocenters. The van der Waals surface area contributed by atoms with Crippen LogP contribution in [0.3, 0.4) is 0 Å². The molecule has 0 spiro atoms. The van der Waals surface area contributed by atoms with E-state index in [0.717, 1.165) is 5.56 Å². The van der Waals surface area contributed by atoms with E-state index < -0.39 is 24.5 Å². The molecule has 3 N–H and O–H groups in total. The number of hydrogen-bond acceptors (Lipinski definition) is 6. The van der Waals surface area contributed by atoms with Gasteiger partial charge in [0.15, 0.2) is 6.23 Å². The topological polar surface area (TPSA) is 101 Å². The zero-order valence-electron chi connectivity index (χ0n) is 10.6. The summed E-state index contributed by atoms with van der Waals surface area (Å²) >= 11 is 6.05. The molecular formula is C12H14ClN3O4. The van der Waals surface area contributed by atoms with Crippen molar-refractivity contribution in [2.75, 3.05) is 6.61 Å². The van der Waals surface area contributed by atoms with Gasteiger partial charge < -0.3 is 24.6 Å². The van der Waals surface area contributed by atoms with Crippen LogP contribution >= 0.6 is 11.6 Å². The number of fused-ring (bicyclic) bond motifs is 1. The Labute approximate surface area is 119 Å². The Morgan fingerprint density at radius 1 is 1.35 bits per heavy atom. The number of ether oxygens (including phenoxy) is 1. The average molecular weight is 300 g/mol. The minimum absolute atomic E-state index is 0.318. The molecule has 7 nitrogen and oxygen atoms in total. The van der Waals surface area contributed by atoms with Crippen molar-refractivity contribution in [3.63, 3.8) is 0 Å². The molecule has 0 aliphatic carbocycles. The lowest BCUT2D eigenvalue weighted by molar-refractivity contribution is -0.0509. The third kappa shape index (κ3) is 1.90. The van der Waals surface area contributed by atoms with Crippen LogP contribution in [0.15, 0.2) is 12.5 Å². The van der Waals surface area contributed by atoms with E-state index in [4.69, 9.17) is 21.4 Å². The van der Waals surface area contributed by atoms with Crippen molar-refractivity contribution in [1.29, 1.82) is 0 Å². The largest absolute Gasteiger partial charge is 0.394 e. The van der Waals surface area contributed by atoms with Gasteiger partial charge in [0.2, 0.25) is 0 Å². The zero-order chi connectivity index (χ0) is 14.4. The van der Waals surface area contributed by atoms with Crippen molar-refractivity contribution < 1.29 is 20.1 Å². The maximum atomic E-state index is 10.1. The molecule has 3 heterocycles. The van der Waals surface area contributed by atoms with Crippen LogP contribution in [0.1, 0.15) is 11.8 Å². The first-order chi connectivity index (χ1) is 9.54. The van der Waals surface area contributed by atoms with Gasteiger partial charge in [-0.25, -0.2) is 9.97 Å². The van der Waals surface area contributed by atoms with Gasteiger partial charge in [-0.1, -0.05) is 11.6 Å². The van der Waals surface area contributed by atoms with Crippen LogP contribution in [0, 0.1) is 6.92 Å². The van der Waals surface area contributed by atoms with Gasteiger partial charge in [-0.3, -0.25) is 0 Å². The maximum Gasteiger partial charge on any atom is 0.164 e. The molecule has 108 valence electrons. The molecule has 1 saturated heterocycles. The minimum Gasteiger partial charge on any atom is -0.394 e. The predicted molar refractivity (Wildman–Crippen MR) is 70.3 cm³/mol. The van der Waals surface area contributed by atoms with E-state index in [0.29, 0.717) is 16.2 Å². The summed E-state index contributed by atoms with van der Waals surface area (Å²) in [4.78, 5) is 8.07. The van der Waals surface area contributed by atoms with Crippen LogP contribution < -0.4 is 0 Å². The molecule has 0 aromatic carbocycles. The summed E-state index contributed by atoms with van der Waals surface area (Å²) in [5, 5.41) is 30.0. The van der Waals surface area contributed by atoms with E-state index in [1.165, 1.54) is 6.33 Å². The van der Waals surface area contributed by atoms with Crippen LogP contribution in [0.25, 0.3) is 11.0 Å². The van der Waals surface area contributed by atoms with Gasteiger partial charge in [-0.2, -0.15) is 0 Å². The lowest BCUT2D eigenvalue weighted by Crippen LogP contribution is -2.33. The molecule has 4 atom stereocenters. The van der Waals surface area contributed by atoms with Gasteiger partial charge >= 0.3 is 0 Å². The summed E-state index contributed by atoms with van der Waals surface area (Å²) in [6.07, 6.45) is -0.918. The number of nitrogens with zero attached hydrogens (tertiary/aromatic N) is 3. The maximum absolute atomic E-state index is 10.1. The highest BCUT2D eigenvalue weighted by Crippen LogP contribution is 2.34. The monoisotopic (exact) mass is 299 g/mol. The third-order valence-electron chi connectivity index (χ3n) is 3.54. The number of aliphatic hydroxyl groups excluding tert-OH is 3. The lowest BCUT2D eigenvalue weighted by atomic mass is 10.1. The Morgan fingerprint density at radius 2 is 2.10 bits per heavy atom. The summed E-state index contributed by atoms with van der Waals surface area (Å²) in [5.74, 6) is 0. The first-order valence-corrected chi connectivity index (χ1v) is 6.52. The van der Waals surface area contributed by atoms with Crippen LogP contribution in [0.4, 0.5) is 0 Å². The zero-order valence-corrected chi connectivity index (χ0v) is 11.4. The summed E-state index contributed by atoms with van der Waals surface area (Å²) in [6.45, 7) is 1.47. The van der Waals surface area contributed by atoms with Gasteiger partial charge in [0.1, 0.15) is 35.4 Å². The van der Waals surface area contributed by atoms with Crippen LogP contribution in [0.5, 0.6) is 0 Å². The molecule has 1 aliphatic heterocycles. The molecule has 3 rings (SSSR count). The molecule has 0 bridgehead atoms. The molecule has 0 radical (unpaired) electrons. The van der Waals surface area contributed by atoms with Crippen LogP contribution in [-0.2, 0) is 4.74 Å². The molecule has 0 saturated carbocycles. The number of aliphatic hydroxyl groups is 3. The SMILES string of the molecule is Cc1cn([C@H]2O[C@H](CO)[C@@H](O)[C@H]2O)c2ncnc(Cl)c12. The van der Waals surface area contributed by atoms with E-state index >= 15 is 0 Å². The first kappa shape index (κ1) is 13.7. The number of rotatable bonds is 2. The highest BCUT2D eigenvalue weighted by molar-refractivity contribution is 6.34. The van der Waals surface area contributed by atoms with Crippen molar-refractivity contribution >= 4 is 22.6 Å². The third-order valence-corrected chi connectivity index (χ3v) is 3.83. The average Bonchev–Trinajstić information content (AvgIpc) is 2.90. The quantitative estimate of drug-likeness (QED) is 0.675. The fraction of sp³-hybridized carbons (Fsp3) is 0.500. The molecule has 2 aromatic heterocycles. The highest BCUT2D eigenvalue weighted by atomic mass is 35.5. The molecule has 1 fully saturated rings. The smallest absolute Gasteiger partial charge is 0.164 e. The Hall–Kier alpha value is -1.25. The molecule has 2 aromatic rings. The summed E-state index contributed by atoms with van der Waals surface area (Å²) in [5.41, 5.74) is 1.35. The van der Waals surface area contributed by atoms with Crippen LogP contribution in [0.2, 0.25) is 5.15 Å². The minimum atomic E-state index is -1.16. The Bertz CT molecular complexity index is 647. The number of halogens is 1. The predicted octanol–water partition coefficient (Wildman–Crippen LogP) is 0.00462. The molecule has 8 heteroatoms. The molecule has 0 amide bonds. The Kier molecular flexibility index (Phi) is 3.39. The van der Waals surface area contributed by atoms with Gasteiger partial charge in [0.25, 0.3) is 0 Å². The summed E-state index contributed by atoms with van der Waals surface area (Å²) in [6, 6.07) is 0. The Morgan fingerprint density at radius 3 is 2.75 bits per heavy atom. The number of aromatic nitrogens is 3. The normalized spacial score (nSPS) is 30.2. The number of aryl methyl sites for hydroxylation is 1. The van der Waals surface area contributed by atoms with Crippen molar-refractivity contribution in [2.24, 2.45) is 0 Å². The van der Waals surface area contributed by atoms with E-state index in [1.54, 1.807) is 10.8 Å². The first-order valence-electron chi connectivity index (χ1n) is 6.14. The molecule has 1 aliphatic rings. The van der Waals surface area contributed by atoms with Crippen molar-refractivity contribution in [3.05, 3.63) is 23.2 Å². The highest BCUT2D eigenvalue weighted by Gasteiger charge is 2.43. The van der Waals surface area contributed by atoms with Crippen LogP contribution in [-0.4, -0.2) is 54.8 Å². The van der Waals surface area contributed by atoms with E-state index in [1.807, 2.05) is 6.92 Å². The second kappa shape index (κ2) is 4.94. The second-order valence-corrected chi connectivity index (χ2v) is 5.17. The van der Waals surface area contributed by atoms with Gasteiger partial charge in [0, 0.05) is 6.20 Å². The lowest BCUT2D eigenvalue weighted by Gasteiger charge is -2.17. The standard InChI is InChI=1S/C12H14ClN3O4/c1-5-2-16(11-7(5)10(13)14-4-15-11)12-9(19)8(18)6(3-17)20-12/h2,4,6,8-9,12,17-19H,3H2,1H3/t6-,8-,9-,12+/m1/s1. The van der Waals surface area contributed by atoms with E-state index in [2.05, 4.69) is 9.97 Å². The van der Waals surface area contributed by atoms with Crippen molar-refractivity contribution in [3.8, 4) is 0 Å². The fourth-order valence-corrected chi connectivity index (χ4v) is 2.81. The van der Waals surface area contributed by atoms with E-state index in [9.17, 15) is 10.2 Å². The summed E-state index contributed by atoms with van der Waals surface area (Å²) < 4.78 is 7.09. The van der Waals surface area contributed by atoms with Gasteiger partial charge in [0.05, 0.1) is 12.0 Å². The summed E-state index contributed by atoms with van der Waals surface area (Å²) in [7, 11) is 0. The molecule has 20 heavy (non-hydrogen) atoms. The van der Waals surface area contributed by atoms with E-state index in [-0.39, 0.29) is 6.61 Å².